The van der Waals surface area contributed by atoms with Gasteiger partial charge in [-0.25, -0.2) is 4.39 Å². The summed E-state index contributed by atoms with van der Waals surface area (Å²) in [7, 11) is 0. The highest BCUT2D eigenvalue weighted by Crippen LogP contribution is 2.69. The lowest BCUT2D eigenvalue weighted by Gasteiger charge is -2.61. The van der Waals surface area contributed by atoms with E-state index in [2.05, 4.69) is 0 Å². The van der Waals surface area contributed by atoms with Crippen LogP contribution in [0.15, 0.2) is 35.5 Å². The molecule has 0 aliphatic heterocycles. The normalized spacial score (nSPS) is 51.1. The molecular formula is C22H27FO4. The van der Waals surface area contributed by atoms with Crippen molar-refractivity contribution < 1.29 is 24.2 Å². The van der Waals surface area contributed by atoms with E-state index in [4.69, 9.17) is 0 Å². The van der Waals surface area contributed by atoms with Crippen molar-refractivity contribution in [1.29, 1.82) is 0 Å². The van der Waals surface area contributed by atoms with Crippen molar-refractivity contribution in [2.75, 3.05) is 0 Å². The summed E-state index contributed by atoms with van der Waals surface area (Å²) in [5.74, 6) is -1.41. The van der Waals surface area contributed by atoms with E-state index in [1.54, 1.807) is 13.0 Å². The van der Waals surface area contributed by atoms with Crippen LogP contribution in [0.3, 0.4) is 0 Å². The first-order valence-electron chi connectivity index (χ1n) is 9.66. The molecule has 0 unspecified atom stereocenters. The fourth-order valence-electron chi connectivity index (χ4n) is 6.64. The van der Waals surface area contributed by atoms with Crippen LogP contribution in [-0.2, 0) is 9.59 Å². The van der Waals surface area contributed by atoms with Gasteiger partial charge >= 0.3 is 0 Å². The number of ketones is 2. The number of alkyl halides is 1. The number of rotatable bonds is 1. The lowest BCUT2D eigenvalue weighted by molar-refractivity contribution is -0.200. The molecule has 5 heteroatoms. The van der Waals surface area contributed by atoms with Gasteiger partial charge in [-0.3, -0.25) is 9.59 Å². The van der Waals surface area contributed by atoms with Gasteiger partial charge in [-0.2, -0.15) is 0 Å². The van der Waals surface area contributed by atoms with E-state index in [1.165, 1.54) is 19.1 Å². The topological polar surface area (TPSA) is 74.6 Å². The molecule has 0 bridgehead atoms. The molecular weight excluding hydrogens is 347 g/mol. The lowest BCUT2D eigenvalue weighted by atomic mass is 9.45. The van der Waals surface area contributed by atoms with Crippen LogP contribution in [-0.4, -0.2) is 39.2 Å². The van der Waals surface area contributed by atoms with Crippen LogP contribution in [0.25, 0.3) is 0 Å². The number of aliphatic hydroxyl groups is 2. The molecule has 0 aromatic carbocycles. The molecule has 4 rings (SSSR count). The molecule has 2 N–H and O–H groups in total. The molecule has 2 saturated carbocycles. The third-order valence-electron chi connectivity index (χ3n) is 8.26. The monoisotopic (exact) mass is 374 g/mol. The summed E-state index contributed by atoms with van der Waals surface area (Å²) in [6.45, 7) is 6.78. The summed E-state index contributed by atoms with van der Waals surface area (Å²) in [6, 6.07) is 0. The van der Waals surface area contributed by atoms with E-state index >= 15 is 4.39 Å². The van der Waals surface area contributed by atoms with E-state index in [9.17, 15) is 19.8 Å². The number of allylic oxidation sites excluding steroid dienone is 6. The Morgan fingerprint density at radius 2 is 2.00 bits per heavy atom. The first-order valence-corrected chi connectivity index (χ1v) is 9.66. The molecule has 146 valence electrons. The zero-order valence-corrected chi connectivity index (χ0v) is 16.3. The molecule has 0 aromatic rings. The highest BCUT2D eigenvalue weighted by molar-refractivity contribution is 6.02. The van der Waals surface area contributed by atoms with Crippen molar-refractivity contribution in [2.24, 2.45) is 22.7 Å². The zero-order valence-electron chi connectivity index (χ0n) is 16.3. The van der Waals surface area contributed by atoms with Gasteiger partial charge in [0.1, 0.15) is 5.60 Å². The number of halogens is 1. The predicted molar refractivity (Wildman–Crippen MR) is 98.5 cm³/mol. The number of hydrogen-bond donors (Lipinski definition) is 2. The Balaban J connectivity index is 1.92. The number of carbonyl (C=O) groups excluding carboxylic acids is 2. The van der Waals surface area contributed by atoms with Gasteiger partial charge in [0.05, 0.1) is 6.10 Å². The first-order chi connectivity index (χ1) is 12.4. The van der Waals surface area contributed by atoms with Crippen LogP contribution < -0.4 is 0 Å². The van der Waals surface area contributed by atoms with Crippen molar-refractivity contribution in [3.8, 4) is 0 Å². The number of carbonyl (C=O) groups is 2. The number of hydrogen-bond acceptors (Lipinski definition) is 4. The molecule has 7 atom stereocenters. The van der Waals surface area contributed by atoms with Gasteiger partial charge in [-0.05, 0) is 63.7 Å². The van der Waals surface area contributed by atoms with Gasteiger partial charge in [0.25, 0.3) is 0 Å². The Morgan fingerprint density at radius 3 is 2.63 bits per heavy atom. The Kier molecular flexibility index (Phi) is 3.66. The predicted octanol–water partition coefficient (Wildman–Crippen LogP) is 2.84. The van der Waals surface area contributed by atoms with Gasteiger partial charge in [0, 0.05) is 16.7 Å². The Hall–Kier alpha value is -1.59. The largest absolute Gasteiger partial charge is 0.390 e. The minimum absolute atomic E-state index is 0.0122. The summed E-state index contributed by atoms with van der Waals surface area (Å²) >= 11 is 0. The minimum Gasteiger partial charge on any atom is -0.390 e. The van der Waals surface area contributed by atoms with Crippen LogP contribution in [0, 0.1) is 22.7 Å². The van der Waals surface area contributed by atoms with Crippen molar-refractivity contribution >= 4 is 11.6 Å². The molecule has 0 heterocycles. The standard InChI is InChI=1S/C22H27FO4/c1-12-9-17-15-6-8-21(27,13(2)24)20(15,4)11-18(26)22(17,23)19(3)7-5-14(25)10-16(12)19/h5,7,9-10,15,17-18,26-27H,6,8,11H2,1-4H3/t15-,17-,18+,19-,20-,21-,22-/m0/s1. The maximum atomic E-state index is 16.8. The van der Waals surface area contributed by atoms with Crippen molar-refractivity contribution in [3.05, 3.63) is 35.5 Å². The maximum Gasteiger partial charge on any atom is 0.178 e. The molecule has 2 fully saturated rings. The molecule has 0 amide bonds. The number of Topliss-reactive ketones (excluding diaryl/α,β-unsaturated/α-hetero) is 1. The molecule has 27 heavy (non-hydrogen) atoms. The highest BCUT2D eigenvalue weighted by Gasteiger charge is 2.73. The molecule has 4 nitrogen and oxygen atoms in total. The van der Waals surface area contributed by atoms with Crippen molar-refractivity contribution in [2.45, 2.75) is 64.3 Å². The second kappa shape index (κ2) is 5.26. The molecule has 4 aliphatic rings. The van der Waals surface area contributed by atoms with E-state index in [1.807, 2.05) is 19.9 Å². The van der Waals surface area contributed by atoms with Crippen LogP contribution in [0.4, 0.5) is 4.39 Å². The zero-order chi connectivity index (χ0) is 20.0. The van der Waals surface area contributed by atoms with Crippen LogP contribution in [0.5, 0.6) is 0 Å². The van der Waals surface area contributed by atoms with Crippen molar-refractivity contribution in [3.63, 3.8) is 0 Å². The van der Waals surface area contributed by atoms with Crippen LogP contribution >= 0.6 is 0 Å². The van der Waals surface area contributed by atoms with Gasteiger partial charge in [0.2, 0.25) is 0 Å². The molecule has 0 saturated heterocycles. The number of aliphatic hydroxyl groups excluding tert-OH is 1. The second-order valence-electron chi connectivity index (χ2n) is 9.34. The maximum absolute atomic E-state index is 16.8. The molecule has 0 aromatic heterocycles. The average Bonchev–Trinajstić information content (AvgIpc) is 2.85. The number of fused-ring (bicyclic) bond motifs is 5. The van der Waals surface area contributed by atoms with Crippen molar-refractivity contribution in [1.82, 2.24) is 0 Å². The Bertz CT molecular complexity index is 841. The quantitative estimate of drug-likeness (QED) is 0.740. The smallest absolute Gasteiger partial charge is 0.178 e. The summed E-state index contributed by atoms with van der Waals surface area (Å²) < 4.78 is 16.8. The summed E-state index contributed by atoms with van der Waals surface area (Å²) in [6.07, 6.45) is 5.71. The highest BCUT2D eigenvalue weighted by atomic mass is 19.1. The Labute approximate surface area is 158 Å². The van der Waals surface area contributed by atoms with Gasteiger partial charge in [-0.1, -0.05) is 24.6 Å². The van der Waals surface area contributed by atoms with E-state index in [-0.39, 0.29) is 30.3 Å². The third kappa shape index (κ3) is 1.94. The summed E-state index contributed by atoms with van der Waals surface area (Å²) in [4.78, 5) is 24.2. The van der Waals surface area contributed by atoms with Crippen LogP contribution in [0.2, 0.25) is 0 Å². The third-order valence-corrected chi connectivity index (χ3v) is 8.26. The first kappa shape index (κ1) is 18.8. The van der Waals surface area contributed by atoms with E-state index < -0.39 is 34.1 Å². The van der Waals surface area contributed by atoms with E-state index in [0.29, 0.717) is 12.0 Å². The van der Waals surface area contributed by atoms with Gasteiger partial charge in [-0.15, -0.1) is 0 Å². The van der Waals surface area contributed by atoms with E-state index in [0.717, 1.165) is 5.57 Å². The summed E-state index contributed by atoms with van der Waals surface area (Å²) in [5, 5.41) is 22.2. The minimum atomic E-state index is -2.00. The molecule has 0 spiro atoms. The Morgan fingerprint density at radius 1 is 1.33 bits per heavy atom. The van der Waals surface area contributed by atoms with Crippen LogP contribution in [0.1, 0.15) is 47.0 Å². The average molecular weight is 374 g/mol. The fraction of sp³-hybridized carbons (Fsp3) is 0.636. The molecule has 4 aliphatic carbocycles. The van der Waals surface area contributed by atoms with Gasteiger partial charge in [0.15, 0.2) is 17.2 Å². The lowest BCUT2D eigenvalue weighted by Crippen LogP contribution is -2.68. The second-order valence-corrected chi connectivity index (χ2v) is 9.34. The van der Waals surface area contributed by atoms with Gasteiger partial charge < -0.3 is 10.2 Å². The molecule has 0 radical (unpaired) electrons. The summed E-state index contributed by atoms with van der Waals surface area (Å²) in [5.41, 5.74) is -4.12. The SMILES string of the molecule is CC(=O)[C@@]1(O)CC[C@H]2[C@@H]3C=C(C)C4=CC(=O)C=C[C@]4(C)[C@@]3(F)[C@H](O)C[C@@]21C. The fourth-order valence-corrected chi connectivity index (χ4v) is 6.64.